The highest BCUT2D eigenvalue weighted by Gasteiger charge is 2.35. The number of benzene rings is 2. The zero-order chi connectivity index (χ0) is 37.0. The Balaban J connectivity index is 1.72. The fourth-order valence-electron chi connectivity index (χ4n) is 6.66. The summed E-state index contributed by atoms with van der Waals surface area (Å²) in [6, 6.07) is 15.3. The molecule has 294 valence electrons. The van der Waals surface area contributed by atoms with Crippen LogP contribution in [0.25, 0.3) is 0 Å². The molecule has 0 unspecified atom stereocenters. The van der Waals surface area contributed by atoms with Crippen molar-refractivity contribution in [3.8, 4) is 23.0 Å². The standard InChI is InChI=1S/C44H71NO7/c1-4-7-9-11-13-15-17-23-30-45(31-24-18-16-14-12-10-8-5-2)43(46)36-52-44(29-6-3)37-50-41-27-21-19-25-39(41)48-34-32-47-33-35-49-40-26-20-22-28-42(40)51-38-44/h19-22,25-28H,4-18,23-24,29-38H2,1-3H3. The van der Waals surface area contributed by atoms with Crippen molar-refractivity contribution in [2.45, 2.75) is 142 Å². The van der Waals surface area contributed by atoms with Crippen molar-refractivity contribution in [3.05, 3.63) is 48.5 Å². The van der Waals surface area contributed by atoms with E-state index in [0.29, 0.717) is 55.8 Å². The quantitative estimate of drug-likeness (QED) is 0.106. The molecule has 1 amide bonds. The van der Waals surface area contributed by atoms with E-state index in [1.807, 2.05) is 48.5 Å². The predicted octanol–water partition coefficient (Wildman–Crippen LogP) is 10.6. The fourth-order valence-corrected chi connectivity index (χ4v) is 6.66. The van der Waals surface area contributed by atoms with Crippen LogP contribution in [0.5, 0.6) is 23.0 Å². The molecule has 8 heteroatoms. The van der Waals surface area contributed by atoms with E-state index in [0.717, 1.165) is 45.2 Å². The second-order valence-corrected chi connectivity index (χ2v) is 14.3. The van der Waals surface area contributed by atoms with E-state index >= 15 is 0 Å². The van der Waals surface area contributed by atoms with E-state index < -0.39 is 5.60 Å². The van der Waals surface area contributed by atoms with Gasteiger partial charge in [0.1, 0.15) is 38.6 Å². The van der Waals surface area contributed by atoms with E-state index in [1.165, 1.54) is 77.0 Å². The summed E-state index contributed by atoms with van der Waals surface area (Å²) in [4.78, 5) is 16.1. The van der Waals surface area contributed by atoms with Gasteiger partial charge in [0, 0.05) is 13.1 Å². The third-order valence-corrected chi connectivity index (χ3v) is 9.77. The fraction of sp³-hybridized carbons (Fsp3) is 0.705. The van der Waals surface area contributed by atoms with Crippen LogP contribution in [0.4, 0.5) is 0 Å². The minimum atomic E-state index is -0.881. The molecule has 0 saturated carbocycles. The van der Waals surface area contributed by atoms with E-state index in [9.17, 15) is 4.79 Å². The molecule has 0 aromatic heterocycles. The van der Waals surface area contributed by atoms with Crippen LogP contribution in [-0.2, 0) is 14.3 Å². The first-order valence-corrected chi connectivity index (χ1v) is 20.8. The number of amides is 1. The summed E-state index contributed by atoms with van der Waals surface area (Å²) in [5, 5.41) is 0. The Morgan fingerprint density at radius 3 is 1.38 bits per heavy atom. The first-order chi connectivity index (χ1) is 25.6. The summed E-state index contributed by atoms with van der Waals surface area (Å²) in [5.74, 6) is 2.58. The van der Waals surface area contributed by atoms with Crippen LogP contribution in [0.1, 0.15) is 136 Å². The molecule has 0 aliphatic carbocycles. The smallest absolute Gasteiger partial charge is 0.248 e. The van der Waals surface area contributed by atoms with Gasteiger partial charge in [0.2, 0.25) is 5.91 Å². The molecular weight excluding hydrogens is 654 g/mol. The normalized spacial score (nSPS) is 14.9. The summed E-state index contributed by atoms with van der Waals surface area (Å²) in [6.07, 6.45) is 21.4. The number of para-hydroxylation sites is 4. The lowest BCUT2D eigenvalue weighted by molar-refractivity contribution is -0.151. The van der Waals surface area contributed by atoms with Gasteiger partial charge in [-0.05, 0) is 43.5 Å². The molecule has 3 rings (SSSR count). The van der Waals surface area contributed by atoms with Crippen molar-refractivity contribution in [3.63, 3.8) is 0 Å². The Kier molecular flexibility index (Phi) is 23.1. The van der Waals surface area contributed by atoms with Crippen molar-refractivity contribution in [1.82, 2.24) is 4.90 Å². The van der Waals surface area contributed by atoms with Gasteiger partial charge in [-0.15, -0.1) is 0 Å². The van der Waals surface area contributed by atoms with E-state index in [-0.39, 0.29) is 25.7 Å². The van der Waals surface area contributed by atoms with Gasteiger partial charge in [0.05, 0.1) is 13.2 Å². The maximum Gasteiger partial charge on any atom is 0.248 e. The first-order valence-electron chi connectivity index (χ1n) is 20.8. The highest BCUT2D eigenvalue weighted by molar-refractivity contribution is 5.77. The number of ether oxygens (including phenoxy) is 6. The number of unbranched alkanes of at least 4 members (excludes halogenated alkanes) is 14. The molecule has 1 aliphatic rings. The van der Waals surface area contributed by atoms with E-state index in [4.69, 9.17) is 28.4 Å². The van der Waals surface area contributed by atoms with Gasteiger partial charge in [-0.2, -0.15) is 0 Å². The van der Waals surface area contributed by atoms with Gasteiger partial charge in [0.15, 0.2) is 23.0 Å². The van der Waals surface area contributed by atoms with Crippen LogP contribution in [0.3, 0.4) is 0 Å². The zero-order valence-corrected chi connectivity index (χ0v) is 33.0. The molecule has 2 aromatic carbocycles. The molecule has 0 spiro atoms. The van der Waals surface area contributed by atoms with Crippen LogP contribution in [0.15, 0.2) is 48.5 Å². The van der Waals surface area contributed by atoms with Gasteiger partial charge in [0.25, 0.3) is 0 Å². The molecule has 0 atom stereocenters. The highest BCUT2D eigenvalue weighted by Crippen LogP contribution is 2.32. The number of carbonyl (C=O) groups excluding carboxylic acids is 1. The monoisotopic (exact) mass is 726 g/mol. The molecule has 8 nitrogen and oxygen atoms in total. The summed E-state index contributed by atoms with van der Waals surface area (Å²) < 4.78 is 37.4. The molecule has 2 aromatic rings. The van der Waals surface area contributed by atoms with Gasteiger partial charge in [-0.3, -0.25) is 4.79 Å². The maximum atomic E-state index is 14.0. The van der Waals surface area contributed by atoms with Crippen LogP contribution in [0, 0.1) is 0 Å². The van der Waals surface area contributed by atoms with Crippen molar-refractivity contribution in [1.29, 1.82) is 0 Å². The number of fused-ring (bicyclic) bond motifs is 2. The highest BCUT2D eigenvalue weighted by atomic mass is 16.6. The molecule has 0 saturated heterocycles. The molecular formula is C44H71NO7. The van der Waals surface area contributed by atoms with Crippen LogP contribution in [0.2, 0.25) is 0 Å². The minimum Gasteiger partial charge on any atom is -0.487 e. The first kappa shape index (κ1) is 43.4. The summed E-state index contributed by atoms with van der Waals surface area (Å²) in [6.45, 7) is 10.2. The van der Waals surface area contributed by atoms with Crippen LogP contribution >= 0.6 is 0 Å². The topological polar surface area (TPSA) is 75.7 Å². The van der Waals surface area contributed by atoms with Crippen molar-refractivity contribution in [2.24, 2.45) is 0 Å². The number of carbonyl (C=O) groups is 1. The number of hydrogen-bond acceptors (Lipinski definition) is 7. The van der Waals surface area contributed by atoms with Crippen molar-refractivity contribution in [2.75, 3.05) is 59.3 Å². The number of rotatable bonds is 23. The lowest BCUT2D eigenvalue weighted by Gasteiger charge is -2.34. The maximum absolute atomic E-state index is 14.0. The van der Waals surface area contributed by atoms with Gasteiger partial charge >= 0.3 is 0 Å². The average Bonchev–Trinajstić information content (AvgIpc) is 3.16. The molecule has 0 N–H and O–H groups in total. The third kappa shape index (κ3) is 17.7. The van der Waals surface area contributed by atoms with Gasteiger partial charge < -0.3 is 33.3 Å². The molecule has 52 heavy (non-hydrogen) atoms. The Morgan fingerprint density at radius 1 is 0.558 bits per heavy atom. The second kappa shape index (κ2) is 27.6. The Morgan fingerprint density at radius 2 is 0.962 bits per heavy atom. The van der Waals surface area contributed by atoms with Crippen molar-refractivity contribution < 1.29 is 33.2 Å². The number of nitrogens with zero attached hydrogens (tertiary/aromatic N) is 1. The molecule has 1 heterocycles. The van der Waals surface area contributed by atoms with E-state index in [2.05, 4.69) is 25.7 Å². The molecule has 0 fully saturated rings. The van der Waals surface area contributed by atoms with Crippen LogP contribution in [-0.4, -0.2) is 75.7 Å². The average molecular weight is 726 g/mol. The van der Waals surface area contributed by atoms with E-state index in [1.54, 1.807) is 0 Å². The summed E-state index contributed by atoms with van der Waals surface area (Å²) >= 11 is 0. The summed E-state index contributed by atoms with van der Waals surface area (Å²) in [7, 11) is 0. The minimum absolute atomic E-state index is 0.0195. The molecule has 1 aliphatic heterocycles. The number of hydrogen-bond donors (Lipinski definition) is 0. The SMILES string of the molecule is CCCCCCCCCCN(CCCCCCCCCC)C(=O)COC1(CCC)COc2ccccc2OCCOCCOc2ccccc2OC1. The van der Waals surface area contributed by atoms with Gasteiger partial charge in [-0.25, -0.2) is 0 Å². The Labute approximate surface area is 316 Å². The predicted molar refractivity (Wildman–Crippen MR) is 211 cm³/mol. The molecule has 0 bridgehead atoms. The Bertz CT molecular complexity index is 1120. The lowest BCUT2D eigenvalue weighted by atomic mass is 9.99. The Hall–Kier alpha value is -2.97. The molecule has 0 radical (unpaired) electrons. The second-order valence-electron chi connectivity index (χ2n) is 14.3. The summed E-state index contributed by atoms with van der Waals surface area (Å²) in [5.41, 5.74) is -0.881. The van der Waals surface area contributed by atoms with Crippen molar-refractivity contribution >= 4 is 5.91 Å². The van der Waals surface area contributed by atoms with Crippen LogP contribution < -0.4 is 18.9 Å². The van der Waals surface area contributed by atoms with Gasteiger partial charge in [-0.1, -0.05) is 141 Å². The zero-order valence-electron chi connectivity index (χ0n) is 33.0. The lowest BCUT2D eigenvalue weighted by Crippen LogP contribution is -2.48. The largest absolute Gasteiger partial charge is 0.487 e. The third-order valence-electron chi connectivity index (χ3n) is 9.77.